The maximum absolute atomic E-state index is 10.7. The van der Waals surface area contributed by atoms with Gasteiger partial charge in [-0.1, -0.05) is 13.5 Å². The molecule has 66 valence electrons. The minimum absolute atomic E-state index is 0. The van der Waals surface area contributed by atoms with Gasteiger partial charge in [0.2, 0.25) is 0 Å². The van der Waals surface area contributed by atoms with Crippen molar-refractivity contribution in [3.8, 4) is 0 Å². The van der Waals surface area contributed by atoms with Gasteiger partial charge in [0.25, 0.3) is 10.1 Å². The summed E-state index contributed by atoms with van der Waals surface area (Å²) in [6.07, 6.45) is 1.04. The standard InChI is InChI=1S/C6H10O4S.Na.H/c1-3-6(7)5(2)4-11(8,9)10;;/h3,5H,1,4H2,2H3,(H,8,9,10);;/q;+1;-1. The Morgan fingerprint density at radius 1 is 1.75 bits per heavy atom. The number of rotatable bonds is 4. The van der Waals surface area contributed by atoms with Crippen LogP contribution >= 0.6 is 0 Å². The van der Waals surface area contributed by atoms with Gasteiger partial charge in [0.15, 0.2) is 5.78 Å². The summed E-state index contributed by atoms with van der Waals surface area (Å²) in [6.45, 7) is 4.60. The molecule has 0 radical (unpaired) electrons. The minimum Gasteiger partial charge on any atom is -1.00 e. The van der Waals surface area contributed by atoms with Crippen LogP contribution in [0.2, 0.25) is 0 Å². The molecule has 0 bridgehead atoms. The number of carbonyl (C=O) groups is 1. The molecule has 1 unspecified atom stereocenters. The monoisotopic (exact) mass is 202 g/mol. The van der Waals surface area contributed by atoms with E-state index in [1.807, 2.05) is 0 Å². The zero-order valence-corrected chi connectivity index (χ0v) is 9.97. The normalized spacial score (nSPS) is 12.8. The topological polar surface area (TPSA) is 71.4 Å². The van der Waals surface area contributed by atoms with Gasteiger partial charge in [0.05, 0.1) is 5.75 Å². The molecular weight excluding hydrogens is 191 g/mol. The molecule has 4 nitrogen and oxygen atoms in total. The molecule has 1 N–H and O–H groups in total. The second kappa shape index (κ2) is 5.88. The predicted octanol–water partition coefficient (Wildman–Crippen LogP) is -2.62. The van der Waals surface area contributed by atoms with Crippen molar-refractivity contribution in [3.05, 3.63) is 12.7 Å². The van der Waals surface area contributed by atoms with Crippen LogP contribution in [0.25, 0.3) is 0 Å². The molecule has 1 atom stereocenters. The molecule has 0 aliphatic heterocycles. The SMILES string of the molecule is C=CC(=O)C(C)CS(=O)(=O)O.[H-].[Na+]. The number of carbonyl (C=O) groups excluding carboxylic acids is 1. The van der Waals surface area contributed by atoms with Crippen LogP contribution in [0.5, 0.6) is 0 Å². The molecule has 0 heterocycles. The van der Waals surface area contributed by atoms with Crippen LogP contribution in [-0.4, -0.2) is 24.5 Å². The summed E-state index contributed by atoms with van der Waals surface area (Å²) >= 11 is 0. The Kier molecular flexibility index (Phi) is 7.26. The average Bonchev–Trinajstić information content (AvgIpc) is 1.82. The van der Waals surface area contributed by atoms with E-state index in [0.29, 0.717) is 0 Å². The molecule has 0 spiro atoms. The summed E-state index contributed by atoms with van der Waals surface area (Å²) in [5.74, 6) is -1.65. The van der Waals surface area contributed by atoms with Crippen LogP contribution in [0, 0.1) is 5.92 Å². The van der Waals surface area contributed by atoms with Crippen LogP contribution in [0.3, 0.4) is 0 Å². The fourth-order valence-corrected chi connectivity index (χ4v) is 1.40. The zero-order chi connectivity index (χ0) is 9.07. The second-order valence-electron chi connectivity index (χ2n) is 2.26. The van der Waals surface area contributed by atoms with Crippen LogP contribution in [0.4, 0.5) is 0 Å². The molecule has 0 aromatic carbocycles. The van der Waals surface area contributed by atoms with Crippen molar-refractivity contribution < 1.29 is 48.7 Å². The number of ketones is 1. The van der Waals surface area contributed by atoms with E-state index in [0.717, 1.165) is 6.08 Å². The van der Waals surface area contributed by atoms with E-state index in [4.69, 9.17) is 4.55 Å². The quantitative estimate of drug-likeness (QED) is 0.308. The van der Waals surface area contributed by atoms with Crippen molar-refractivity contribution in [1.82, 2.24) is 0 Å². The van der Waals surface area contributed by atoms with Gasteiger partial charge in [0, 0.05) is 5.92 Å². The van der Waals surface area contributed by atoms with Crippen LogP contribution in [-0.2, 0) is 14.9 Å². The Morgan fingerprint density at radius 3 is 2.42 bits per heavy atom. The van der Waals surface area contributed by atoms with Crippen molar-refractivity contribution in [1.29, 1.82) is 0 Å². The molecular formula is C6H11NaO4S. The number of allylic oxidation sites excluding steroid dienone is 1. The van der Waals surface area contributed by atoms with Crippen molar-refractivity contribution >= 4 is 15.9 Å². The Balaban J connectivity index is -0.000000500. The third-order valence-corrected chi connectivity index (χ3v) is 2.07. The predicted molar refractivity (Wildman–Crippen MR) is 41.9 cm³/mol. The van der Waals surface area contributed by atoms with Crippen LogP contribution in [0.1, 0.15) is 8.35 Å². The molecule has 0 saturated carbocycles. The molecule has 0 aromatic heterocycles. The summed E-state index contributed by atoms with van der Waals surface area (Å²) in [6, 6.07) is 0. The first-order valence-electron chi connectivity index (χ1n) is 2.98. The first-order valence-corrected chi connectivity index (χ1v) is 4.59. The van der Waals surface area contributed by atoms with Crippen LogP contribution in [0.15, 0.2) is 12.7 Å². The molecule has 12 heavy (non-hydrogen) atoms. The maximum atomic E-state index is 10.7. The van der Waals surface area contributed by atoms with E-state index in [2.05, 4.69) is 6.58 Å². The van der Waals surface area contributed by atoms with Crippen LogP contribution < -0.4 is 29.6 Å². The Bertz CT molecular complexity index is 262. The molecule has 0 amide bonds. The fraction of sp³-hybridized carbons (Fsp3) is 0.500. The van der Waals surface area contributed by atoms with Gasteiger partial charge in [-0.05, 0) is 6.08 Å². The van der Waals surface area contributed by atoms with Gasteiger partial charge in [-0.3, -0.25) is 9.35 Å². The minimum atomic E-state index is -4.05. The van der Waals surface area contributed by atoms with Gasteiger partial charge < -0.3 is 1.43 Å². The van der Waals surface area contributed by atoms with Crippen molar-refractivity contribution in [2.45, 2.75) is 6.92 Å². The van der Waals surface area contributed by atoms with E-state index in [1.54, 1.807) is 0 Å². The summed E-state index contributed by atoms with van der Waals surface area (Å²) in [5, 5.41) is 0. The summed E-state index contributed by atoms with van der Waals surface area (Å²) in [4.78, 5) is 10.7. The van der Waals surface area contributed by atoms with Gasteiger partial charge >= 0.3 is 29.6 Å². The Labute approximate surface area is 95.6 Å². The smallest absolute Gasteiger partial charge is 1.00 e. The molecule has 6 heteroatoms. The first-order chi connectivity index (χ1) is 4.87. The first kappa shape index (κ1) is 14.8. The second-order valence-corrected chi connectivity index (χ2v) is 3.75. The Morgan fingerprint density at radius 2 is 2.17 bits per heavy atom. The van der Waals surface area contributed by atoms with E-state index in [-0.39, 0.29) is 36.8 Å². The van der Waals surface area contributed by atoms with Gasteiger partial charge in [0.1, 0.15) is 0 Å². The summed E-state index contributed by atoms with van der Waals surface area (Å²) < 4.78 is 28.8. The summed E-state index contributed by atoms with van der Waals surface area (Å²) in [5.41, 5.74) is 0. The average molecular weight is 202 g/mol. The van der Waals surface area contributed by atoms with Crippen molar-refractivity contribution in [2.75, 3.05) is 5.75 Å². The van der Waals surface area contributed by atoms with E-state index >= 15 is 0 Å². The molecule has 0 rings (SSSR count). The maximum Gasteiger partial charge on any atom is 1.00 e. The van der Waals surface area contributed by atoms with Gasteiger partial charge in [-0.2, -0.15) is 8.42 Å². The molecule has 0 aromatic rings. The van der Waals surface area contributed by atoms with Crippen molar-refractivity contribution in [3.63, 3.8) is 0 Å². The molecule has 0 saturated heterocycles. The van der Waals surface area contributed by atoms with Crippen molar-refractivity contribution in [2.24, 2.45) is 5.92 Å². The Hall–Kier alpha value is 0.320. The molecule has 0 aliphatic carbocycles. The van der Waals surface area contributed by atoms with Gasteiger partial charge in [-0.25, -0.2) is 0 Å². The number of hydrogen-bond donors (Lipinski definition) is 1. The molecule has 0 aliphatic rings. The largest absolute Gasteiger partial charge is 1.00 e. The third-order valence-electron chi connectivity index (χ3n) is 1.15. The summed E-state index contributed by atoms with van der Waals surface area (Å²) in [7, 11) is -4.05. The number of hydrogen-bond acceptors (Lipinski definition) is 3. The fourth-order valence-electron chi connectivity index (χ4n) is 0.599. The third kappa shape index (κ3) is 7.00. The molecule has 0 fully saturated rings. The van der Waals surface area contributed by atoms with Gasteiger partial charge in [-0.15, -0.1) is 0 Å². The van der Waals surface area contributed by atoms with E-state index in [1.165, 1.54) is 6.92 Å². The zero-order valence-electron chi connectivity index (χ0n) is 8.15. The van der Waals surface area contributed by atoms with E-state index in [9.17, 15) is 13.2 Å². The van der Waals surface area contributed by atoms with E-state index < -0.39 is 21.8 Å².